The van der Waals surface area contributed by atoms with Crippen molar-refractivity contribution in [1.29, 1.82) is 0 Å². The maximum absolute atomic E-state index is 5.06. The second kappa shape index (κ2) is 5.22. The summed E-state index contributed by atoms with van der Waals surface area (Å²) in [7, 11) is 0. The largest absolute Gasteiger partial charge is 0.465 e. The third-order valence-electron chi connectivity index (χ3n) is 1.22. The molecule has 0 fully saturated rings. The molecule has 1 rings (SSSR count). The van der Waals surface area contributed by atoms with E-state index in [0.29, 0.717) is 13.2 Å². The highest BCUT2D eigenvalue weighted by Gasteiger charge is 1.85. The van der Waals surface area contributed by atoms with Crippen molar-refractivity contribution < 1.29 is 9.15 Å². The second-order valence-electron chi connectivity index (χ2n) is 2.14. The SMILES string of the molecule is C#CCOC/C=C/c1ccco1. The summed E-state index contributed by atoms with van der Waals surface area (Å²) >= 11 is 0. The summed E-state index contributed by atoms with van der Waals surface area (Å²) in [5.74, 6) is 3.20. The van der Waals surface area contributed by atoms with Gasteiger partial charge in [-0.15, -0.1) is 6.42 Å². The quantitative estimate of drug-likeness (QED) is 0.498. The predicted octanol–water partition coefficient (Wildman–Crippen LogP) is 1.94. The Hall–Kier alpha value is -1.46. The van der Waals surface area contributed by atoms with Crippen LogP contribution in [0.2, 0.25) is 0 Å². The topological polar surface area (TPSA) is 22.4 Å². The molecule has 1 aromatic heterocycles. The lowest BCUT2D eigenvalue weighted by Gasteiger charge is -1.90. The van der Waals surface area contributed by atoms with E-state index in [2.05, 4.69) is 5.92 Å². The summed E-state index contributed by atoms with van der Waals surface area (Å²) in [6.07, 6.45) is 10.3. The maximum atomic E-state index is 5.06. The molecule has 0 N–H and O–H groups in total. The molecule has 0 spiro atoms. The summed E-state index contributed by atoms with van der Waals surface area (Å²) < 4.78 is 10.1. The van der Waals surface area contributed by atoms with Crippen LogP contribution < -0.4 is 0 Å². The van der Waals surface area contributed by atoms with E-state index in [0.717, 1.165) is 5.76 Å². The van der Waals surface area contributed by atoms with Gasteiger partial charge in [0, 0.05) is 0 Å². The van der Waals surface area contributed by atoms with Gasteiger partial charge in [-0.2, -0.15) is 0 Å². The maximum Gasteiger partial charge on any atom is 0.126 e. The minimum Gasteiger partial charge on any atom is -0.465 e. The first-order chi connectivity index (χ1) is 5.93. The molecule has 1 heterocycles. The summed E-state index contributed by atoms with van der Waals surface area (Å²) in [5, 5.41) is 0. The molecule has 0 unspecified atom stereocenters. The van der Waals surface area contributed by atoms with Crippen LogP contribution in [0.25, 0.3) is 6.08 Å². The monoisotopic (exact) mass is 162 g/mol. The normalized spacial score (nSPS) is 10.2. The van der Waals surface area contributed by atoms with Crippen molar-refractivity contribution in [2.45, 2.75) is 0 Å². The van der Waals surface area contributed by atoms with Crippen molar-refractivity contribution in [3.05, 3.63) is 30.2 Å². The molecule has 1 aromatic rings. The van der Waals surface area contributed by atoms with Gasteiger partial charge in [-0.3, -0.25) is 0 Å². The standard InChI is InChI=1S/C10H10O2/c1-2-7-11-8-3-5-10-6-4-9-12-10/h1,3-6,9H,7-8H2/b5-3+. The van der Waals surface area contributed by atoms with E-state index in [4.69, 9.17) is 15.6 Å². The van der Waals surface area contributed by atoms with Gasteiger partial charge in [-0.25, -0.2) is 0 Å². The number of rotatable bonds is 4. The molecule has 0 saturated heterocycles. The fourth-order valence-electron chi connectivity index (χ4n) is 0.736. The van der Waals surface area contributed by atoms with Crippen molar-refractivity contribution in [2.75, 3.05) is 13.2 Å². The molecule has 2 nitrogen and oxygen atoms in total. The summed E-state index contributed by atoms with van der Waals surface area (Å²) in [5.41, 5.74) is 0. The molecular formula is C10H10O2. The lowest BCUT2D eigenvalue weighted by Crippen LogP contribution is -1.89. The lowest BCUT2D eigenvalue weighted by molar-refractivity contribution is 0.200. The molecule has 0 amide bonds. The molecular weight excluding hydrogens is 152 g/mol. The molecule has 0 saturated carbocycles. The van der Waals surface area contributed by atoms with Crippen LogP contribution in [0.4, 0.5) is 0 Å². The smallest absolute Gasteiger partial charge is 0.126 e. The van der Waals surface area contributed by atoms with Crippen LogP contribution >= 0.6 is 0 Å². The van der Waals surface area contributed by atoms with E-state index in [1.165, 1.54) is 0 Å². The van der Waals surface area contributed by atoms with E-state index in [1.807, 2.05) is 24.3 Å². The Bertz CT molecular complexity index is 265. The Morgan fingerprint density at radius 1 is 1.67 bits per heavy atom. The first-order valence-electron chi connectivity index (χ1n) is 3.65. The zero-order chi connectivity index (χ0) is 8.65. The first-order valence-corrected chi connectivity index (χ1v) is 3.65. The van der Waals surface area contributed by atoms with Crippen LogP contribution in [0.3, 0.4) is 0 Å². The van der Waals surface area contributed by atoms with Gasteiger partial charge in [0.2, 0.25) is 0 Å². The van der Waals surface area contributed by atoms with Gasteiger partial charge in [0.05, 0.1) is 12.9 Å². The molecule has 12 heavy (non-hydrogen) atoms. The number of hydrogen-bond acceptors (Lipinski definition) is 2. The van der Waals surface area contributed by atoms with Crippen LogP contribution in [0, 0.1) is 12.3 Å². The van der Waals surface area contributed by atoms with Crippen LogP contribution in [0.1, 0.15) is 5.76 Å². The van der Waals surface area contributed by atoms with E-state index in [-0.39, 0.29) is 0 Å². The van der Waals surface area contributed by atoms with Gasteiger partial charge >= 0.3 is 0 Å². The summed E-state index contributed by atoms with van der Waals surface area (Å²) in [6, 6.07) is 3.71. The highest BCUT2D eigenvalue weighted by Crippen LogP contribution is 2.01. The summed E-state index contributed by atoms with van der Waals surface area (Å²) in [6.45, 7) is 0.868. The van der Waals surface area contributed by atoms with Crippen LogP contribution in [0.5, 0.6) is 0 Å². The van der Waals surface area contributed by atoms with Crippen LogP contribution in [-0.2, 0) is 4.74 Å². The Balaban J connectivity index is 2.20. The van der Waals surface area contributed by atoms with E-state index in [9.17, 15) is 0 Å². The number of hydrogen-bond donors (Lipinski definition) is 0. The Labute approximate surface area is 71.8 Å². The average Bonchev–Trinajstić information content (AvgIpc) is 2.57. The van der Waals surface area contributed by atoms with Crippen molar-refractivity contribution in [3.8, 4) is 12.3 Å². The van der Waals surface area contributed by atoms with Crippen LogP contribution in [-0.4, -0.2) is 13.2 Å². The van der Waals surface area contributed by atoms with E-state index >= 15 is 0 Å². The molecule has 0 bridgehead atoms. The fourth-order valence-corrected chi connectivity index (χ4v) is 0.736. The Kier molecular flexibility index (Phi) is 3.76. The number of furan rings is 1. The van der Waals surface area contributed by atoms with Gasteiger partial charge in [-0.05, 0) is 18.2 Å². The van der Waals surface area contributed by atoms with Gasteiger partial charge in [0.25, 0.3) is 0 Å². The number of terminal acetylenes is 1. The van der Waals surface area contributed by atoms with Crippen molar-refractivity contribution in [1.82, 2.24) is 0 Å². The molecule has 0 atom stereocenters. The van der Waals surface area contributed by atoms with Gasteiger partial charge in [0.15, 0.2) is 0 Å². The first kappa shape index (κ1) is 8.63. The van der Waals surface area contributed by atoms with E-state index in [1.54, 1.807) is 6.26 Å². The minimum absolute atomic E-state index is 0.350. The van der Waals surface area contributed by atoms with Crippen molar-refractivity contribution >= 4 is 6.08 Å². The van der Waals surface area contributed by atoms with Gasteiger partial charge in [-0.1, -0.05) is 12.0 Å². The van der Waals surface area contributed by atoms with Crippen molar-refractivity contribution in [3.63, 3.8) is 0 Å². The Morgan fingerprint density at radius 2 is 2.58 bits per heavy atom. The van der Waals surface area contributed by atoms with Crippen LogP contribution in [0.15, 0.2) is 28.9 Å². The third kappa shape index (κ3) is 3.09. The Morgan fingerprint density at radius 3 is 3.25 bits per heavy atom. The third-order valence-corrected chi connectivity index (χ3v) is 1.22. The molecule has 0 radical (unpaired) electrons. The van der Waals surface area contributed by atoms with Crippen molar-refractivity contribution in [2.24, 2.45) is 0 Å². The zero-order valence-corrected chi connectivity index (χ0v) is 6.69. The lowest BCUT2D eigenvalue weighted by atomic mass is 10.4. The zero-order valence-electron chi connectivity index (χ0n) is 6.69. The molecule has 0 aliphatic carbocycles. The minimum atomic E-state index is 0.350. The van der Waals surface area contributed by atoms with Gasteiger partial charge in [0.1, 0.15) is 12.4 Å². The predicted molar refractivity (Wildman–Crippen MR) is 47.4 cm³/mol. The highest BCUT2D eigenvalue weighted by molar-refractivity contribution is 5.41. The second-order valence-corrected chi connectivity index (χ2v) is 2.14. The number of ether oxygens (including phenoxy) is 1. The molecule has 0 aromatic carbocycles. The summed E-state index contributed by atoms with van der Waals surface area (Å²) in [4.78, 5) is 0. The van der Waals surface area contributed by atoms with E-state index < -0.39 is 0 Å². The average molecular weight is 162 g/mol. The van der Waals surface area contributed by atoms with Gasteiger partial charge < -0.3 is 9.15 Å². The molecule has 2 heteroatoms. The highest BCUT2D eigenvalue weighted by atomic mass is 16.5. The fraction of sp³-hybridized carbons (Fsp3) is 0.200. The molecule has 0 aliphatic rings. The molecule has 0 aliphatic heterocycles. The molecule has 62 valence electrons.